The first kappa shape index (κ1) is 23.7. The van der Waals surface area contributed by atoms with Crippen LogP contribution in [0.5, 0.6) is 5.75 Å². The molecule has 0 atom stereocenters. The van der Waals surface area contributed by atoms with Crippen molar-refractivity contribution >= 4 is 17.6 Å². The quantitative estimate of drug-likeness (QED) is 0.577. The van der Waals surface area contributed by atoms with Gasteiger partial charge >= 0.3 is 6.18 Å². The number of aromatic nitrogens is 1. The van der Waals surface area contributed by atoms with Crippen molar-refractivity contribution in [3.8, 4) is 29.0 Å². The molecule has 6 nitrogen and oxygen atoms in total. The Morgan fingerprint density at radius 3 is 2.31 bits per heavy atom. The molecule has 0 saturated carbocycles. The number of nitriles is 2. The van der Waals surface area contributed by atoms with Gasteiger partial charge in [0.05, 0.1) is 18.6 Å². The first-order valence-corrected chi connectivity index (χ1v) is 11.0. The molecule has 0 aliphatic carbocycles. The molecule has 2 heterocycles. The molecular formula is C22H21F3N4O2S. The maximum Gasteiger partial charge on any atom is 0.389 e. The molecule has 0 radical (unpaired) electrons. The third kappa shape index (κ3) is 5.64. The molecule has 10 heteroatoms. The number of halogens is 3. The average Bonchev–Trinajstić information content (AvgIpc) is 3.31. The van der Waals surface area contributed by atoms with E-state index in [4.69, 9.17) is 9.84 Å². The number of aliphatic hydroxyl groups is 1. The van der Waals surface area contributed by atoms with Gasteiger partial charge in [0.2, 0.25) is 0 Å². The normalized spacial score (nSPS) is 13.6. The topological polar surface area (TPSA) is 93.2 Å². The molecule has 1 aromatic carbocycles. The van der Waals surface area contributed by atoms with Gasteiger partial charge in [0.25, 0.3) is 0 Å². The largest absolute Gasteiger partial charge is 0.491 e. The van der Waals surface area contributed by atoms with Crippen LogP contribution in [0.2, 0.25) is 0 Å². The molecule has 1 saturated heterocycles. The monoisotopic (exact) mass is 462 g/mol. The molecule has 1 N–H and O–H groups in total. The van der Waals surface area contributed by atoms with Crippen LogP contribution in [-0.2, 0) is 0 Å². The Bertz CT molecular complexity index is 1020. The predicted molar refractivity (Wildman–Crippen MR) is 115 cm³/mol. The van der Waals surface area contributed by atoms with Gasteiger partial charge in [-0.25, -0.2) is 4.98 Å². The second-order valence-corrected chi connectivity index (χ2v) is 8.18. The van der Waals surface area contributed by atoms with Gasteiger partial charge in [0.1, 0.15) is 40.9 Å². The molecule has 32 heavy (non-hydrogen) atoms. The Kier molecular flexibility index (Phi) is 7.84. The van der Waals surface area contributed by atoms with Crippen molar-refractivity contribution in [3.63, 3.8) is 0 Å². The molecule has 0 amide bonds. The number of hydrogen-bond acceptors (Lipinski definition) is 7. The lowest BCUT2D eigenvalue weighted by Gasteiger charge is -2.22. The van der Waals surface area contributed by atoms with Gasteiger partial charge in [-0.3, -0.25) is 0 Å². The van der Waals surface area contributed by atoms with E-state index in [1.54, 1.807) is 24.3 Å². The summed E-state index contributed by atoms with van der Waals surface area (Å²) in [6.45, 7) is 1.36. The SMILES string of the molecule is N#Cc1c(SCCC(F)(F)F)nc(N2CCCC2)c(C#N)c1-c1ccc(OCCO)cc1. The van der Waals surface area contributed by atoms with Crippen LogP contribution in [0.4, 0.5) is 19.0 Å². The number of anilines is 1. The lowest BCUT2D eigenvalue weighted by molar-refractivity contribution is -0.129. The summed E-state index contributed by atoms with van der Waals surface area (Å²) in [5.74, 6) is 0.631. The van der Waals surface area contributed by atoms with Gasteiger partial charge in [-0.2, -0.15) is 23.7 Å². The van der Waals surface area contributed by atoms with Gasteiger partial charge in [-0.1, -0.05) is 12.1 Å². The van der Waals surface area contributed by atoms with Crippen LogP contribution in [0.15, 0.2) is 29.3 Å². The summed E-state index contributed by atoms with van der Waals surface area (Å²) < 4.78 is 43.4. The minimum Gasteiger partial charge on any atom is -0.491 e. The number of rotatable bonds is 8. The predicted octanol–water partition coefficient (Wildman–Crippen LogP) is 4.51. The molecule has 1 fully saturated rings. The summed E-state index contributed by atoms with van der Waals surface area (Å²) in [4.78, 5) is 6.42. The second kappa shape index (κ2) is 10.6. The highest BCUT2D eigenvalue weighted by atomic mass is 32.2. The van der Waals surface area contributed by atoms with Crippen LogP contribution in [-0.4, -0.2) is 48.3 Å². The van der Waals surface area contributed by atoms with Crippen LogP contribution in [0, 0.1) is 22.7 Å². The Labute approximate surface area is 188 Å². The summed E-state index contributed by atoms with van der Waals surface area (Å²) in [6, 6.07) is 10.9. The van der Waals surface area contributed by atoms with Crippen molar-refractivity contribution in [3.05, 3.63) is 35.4 Å². The fourth-order valence-electron chi connectivity index (χ4n) is 3.46. The zero-order valence-electron chi connectivity index (χ0n) is 17.2. The van der Waals surface area contributed by atoms with Gasteiger partial charge in [0.15, 0.2) is 0 Å². The molecule has 3 rings (SSSR count). The number of ether oxygens (including phenoxy) is 1. The number of aliphatic hydroxyl groups excluding tert-OH is 1. The highest BCUT2D eigenvalue weighted by Gasteiger charge is 2.29. The van der Waals surface area contributed by atoms with E-state index in [9.17, 15) is 23.7 Å². The van der Waals surface area contributed by atoms with E-state index in [-0.39, 0.29) is 35.1 Å². The number of thioether (sulfide) groups is 1. The van der Waals surface area contributed by atoms with E-state index in [1.165, 1.54) is 0 Å². The third-order valence-corrected chi connectivity index (χ3v) is 5.88. The number of benzene rings is 1. The second-order valence-electron chi connectivity index (χ2n) is 7.09. The molecule has 1 aliphatic heterocycles. The molecule has 0 bridgehead atoms. The first-order valence-electron chi connectivity index (χ1n) is 10.0. The smallest absolute Gasteiger partial charge is 0.389 e. The number of alkyl halides is 3. The lowest BCUT2D eigenvalue weighted by Crippen LogP contribution is -2.21. The summed E-state index contributed by atoms with van der Waals surface area (Å²) >= 11 is 0.872. The number of nitrogens with zero attached hydrogens (tertiary/aromatic N) is 4. The first-order chi connectivity index (χ1) is 15.4. The Balaban J connectivity index is 2.10. The minimum atomic E-state index is -4.31. The van der Waals surface area contributed by atoms with E-state index in [0.29, 0.717) is 35.8 Å². The van der Waals surface area contributed by atoms with E-state index in [1.807, 2.05) is 4.90 Å². The van der Waals surface area contributed by atoms with Crippen LogP contribution < -0.4 is 9.64 Å². The number of pyridine rings is 1. The summed E-state index contributed by atoms with van der Waals surface area (Å²) in [5.41, 5.74) is 1.23. The van der Waals surface area contributed by atoms with Gasteiger partial charge < -0.3 is 14.7 Å². The fraction of sp³-hybridized carbons (Fsp3) is 0.409. The van der Waals surface area contributed by atoms with Gasteiger partial charge in [-0.05, 0) is 30.5 Å². The Hall–Kier alpha value is -2.95. The van der Waals surface area contributed by atoms with Crippen molar-refractivity contribution in [2.45, 2.75) is 30.5 Å². The number of hydrogen-bond donors (Lipinski definition) is 1. The molecule has 1 aromatic heterocycles. The maximum atomic E-state index is 12.7. The lowest BCUT2D eigenvalue weighted by atomic mass is 9.96. The van der Waals surface area contributed by atoms with Crippen molar-refractivity contribution in [2.24, 2.45) is 0 Å². The van der Waals surface area contributed by atoms with Crippen molar-refractivity contribution < 1.29 is 23.0 Å². The van der Waals surface area contributed by atoms with Crippen LogP contribution >= 0.6 is 11.8 Å². The third-order valence-electron chi connectivity index (χ3n) is 4.90. The maximum absolute atomic E-state index is 12.7. The van der Waals surface area contributed by atoms with Crippen molar-refractivity contribution in [1.29, 1.82) is 10.5 Å². The fourth-order valence-corrected chi connectivity index (χ4v) is 4.43. The van der Waals surface area contributed by atoms with Crippen LogP contribution in [0.3, 0.4) is 0 Å². The molecular weight excluding hydrogens is 441 g/mol. The van der Waals surface area contributed by atoms with Gasteiger partial charge in [0, 0.05) is 24.4 Å². The summed E-state index contributed by atoms with van der Waals surface area (Å²) in [6.07, 6.45) is -3.46. The van der Waals surface area contributed by atoms with E-state index in [2.05, 4.69) is 17.1 Å². The molecule has 2 aromatic rings. The molecule has 1 aliphatic rings. The standard InChI is InChI=1S/C22H21F3N4O2S/c23-22(24,25)7-12-32-21-18(14-27)19(15-3-5-16(6-4-15)31-11-10-30)17(13-26)20(28-21)29-8-1-2-9-29/h3-6,30H,1-2,7-12H2. The minimum absolute atomic E-state index is 0.0840. The zero-order chi connectivity index (χ0) is 23.1. The Morgan fingerprint density at radius 1 is 1.09 bits per heavy atom. The van der Waals surface area contributed by atoms with E-state index >= 15 is 0 Å². The highest BCUT2D eigenvalue weighted by molar-refractivity contribution is 7.99. The van der Waals surface area contributed by atoms with Crippen molar-refractivity contribution in [2.75, 3.05) is 37.0 Å². The zero-order valence-corrected chi connectivity index (χ0v) is 18.0. The molecule has 0 unspecified atom stereocenters. The van der Waals surface area contributed by atoms with E-state index in [0.717, 1.165) is 24.6 Å². The average molecular weight is 462 g/mol. The van der Waals surface area contributed by atoms with E-state index < -0.39 is 12.6 Å². The molecule has 168 valence electrons. The van der Waals surface area contributed by atoms with Gasteiger partial charge in [-0.15, -0.1) is 11.8 Å². The van der Waals surface area contributed by atoms with Crippen LogP contribution in [0.25, 0.3) is 11.1 Å². The van der Waals surface area contributed by atoms with Crippen molar-refractivity contribution in [1.82, 2.24) is 4.98 Å². The van der Waals surface area contributed by atoms with Crippen LogP contribution in [0.1, 0.15) is 30.4 Å². The molecule has 0 spiro atoms. The highest BCUT2D eigenvalue weighted by Crippen LogP contribution is 2.39. The summed E-state index contributed by atoms with van der Waals surface area (Å²) in [5, 5.41) is 28.9. The Morgan fingerprint density at radius 2 is 1.75 bits per heavy atom. The summed E-state index contributed by atoms with van der Waals surface area (Å²) in [7, 11) is 0.